The second-order valence-corrected chi connectivity index (χ2v) is 7.15. The standard InChI is InChI=1S/C16H33N3/c1-16(2)14-19(13-12-18(16)3)11-7-10-17-15-8-5-4-6-9-15/h15,17H,4-14H2,1-3H3. The van der Waals surface area contributed by atoms with Crippen LogP contribution in [0, 0.1) is 0 Å². The zero-order chi connectivity index (χ0) is 13.7. The first-order chi connectivity index (χ1) is 9.08. The monoisotopic (exact) mass is 267 g/mol. The molecule has 0 amide bonds. The number of hydrogen-bond donors (Lipinski definition) is 1. The molecule has 112 valence electrons. The molecule has 0 atom stereocenters. The van der Waals surface area contributed by atoms with Crippen LogP contribution in [0.15, 0.2) is 0 Å². The van der Waals surface area contributed by atoms with Crippen LogP contribution in [0.4, 0.5) is 0 Å². The number of hydrogen-bond acceptors (Lipinski definition) is 3. The fraction of sp³-hybridized carbons (Fsp3) is 1.00. The van der Waals surface area contributed by atoms with Gasteiger partial charge in [-0.3, -0.25) is 4.90 Å². The van der Waals surface area contributed by atoms with Crippen molar-refractivity contribution in [3.8, 4) is 0 Å². The molecule has 1 saturated carbocycles. The van der Waals surface area contributed by atoms with Crippen LogP contribution in [-0.2, 0) is 0 Å². The van der Waals surface area contributed by atoms with Gasteiger partial charge >= 0.3 is 0 Å². The third kappa shape index (κ3) is 4.73. The van der Waals surface area contributed by atoms with Gasteiger partial charge in [-0.05, 0) is 53.2 Å². The second-order valence-electron chi connectivity index (χ2n) is 7.15. The molecule has 0 bridgehead atoms. The van der Waals surface area contributed by atoms with Crippen LogP contribution in [0.3, 0.4) is 0 Å². The highest BCUT2D eigenvalue weighted by molar-refractivity contribution is 4.88. The maximum absolute atomic E-state index is 3.75. The summed E-state index contributed by atoms with van der Waals surface area (Å²) in [5, 5.41) is 3.75. The third-order valence-corrected chi connectivity index (χ3v) is 5.08. The van der Waals surface area contributed by atoms with E-state index in [-0.39, 0.29) is 0 Å². The highest BCUT2D eigenvalue weighted by Gasteiger charge is 2.30. The first-order valence-corrected chi connectivity index (χ1v) is 8.25. The average molecular weight is 267 g/mol. The molecule has 3 heteroatoms. The van der Waals surface area contributed by atoms with Gasteiger partial charge in [0.1, 0.15) is 0 Å². The van der Waals surface area contributed by atoms with Crippen molar-refractivity contribution in [1.82, 2.24) is 15.1 Å². The van der Waals surface area contributed by atoms with Crippen LogP contribution in [0.1, 0.15) is 52.4 Å². The van der Waals surface area contributed by atoms with E-state index >= 15 is 0 Å². The van der Waals surface area contributed by atoms with Gasteiger partial charge in [-0.15, -0.1) is 0 Å². The van der Waals surface area contributed by atoms with Crippen molar-refractivity contribution in [3.63, 3.8) is 0 Å². The minimum Gasteiger partial charge on any atom is -0.314 e. The molecule has 2 aliphatic rings. The van der Waals surface area contributed by atoms with E-state index in [1.165, 1.54) is 71.2 Å². The first-order valence-electron chi connectivity index (χ1n) is 8.25. The molecule has 0 aromatic rings. The van der Waals surface area contributed by atoms with Crippen molar-refractivity contribution < 1.29 is 0 Å². The van der Waals surface area contributed by atoms with E-state index in [2.05, 4.69) is 36.0 Å². The smallest absolute Gasteiger partial charge is 0.0277 e. The molecule has 0 radical (unpaired) electrons. The zero-order valence-electron chi connectivity index (χ0n) is 13.2. The minimum atomic E-state index is 0.342. The van der Waals surface area contributed by atoms with Crippen LogP contribution in [-0.4, -0.2) is 61.2 Å². The number of likely N-dealkylation sites (N-methyl/N-ethyl adjacent to an activating group) is 1. The molecule has 0 spiro atoms. The number of nitrogens with one attached hydrogen (secondary N) is 1. The van der Waals surface area contributed by atoms with Crippen LogP contribution in [0.5, 0.6) is 0 Å². The third-order valence-electron chi connectivity index (χ3n) is 5.08. The number of rotatable bonds is 5. The van der Waals surface area contributed by atoms with Gasteiger partial charge in [0.15, 0.2) is 0 Å². The molecule has 3 nitrogen and oxygen atoms in total. The van der Waals surface area contributed by atoms with Crippen molar-refractivity contribution in [3.05, 3.63) is 0 Å². The Morgan fingerprint density at radius 2 is 1.84 bits per heavy atom. The zero-order valence-corrected chi connectivity index (χ0v) is 13.2. The summed E-state index contributed by atoms with van der Waals surface area (Å²) in [6.07, 6.45) is 8.43. The van der Waals surface area contributed by atoms with E-state index in [0.29, 0.717) is 5.54 Å². The molecule has 19 heavy (non-hydrogen) atoms. The number of piperazine rings is 1. The molecule has 2 rings (SSSR count). The Labute approximate surface area is 119 Å². The Morgan fingerprint density at radius 1 is 1.11 bits per heavy atom. The Hall–Kier alpha value is -0.120. The Kier molecular flexibility index (Phi) is 5.67. The SMILES string of the molecule is CN1CCN(CCCNC2CCCCC2)CC1(C)C. The van der Waals surface area contributed by atoms with E-state index in [1.54, 1.807) is 0 Å². The first kappa shape index (κ1) is 15.3. The summed E-state index contributed by atoms with van der Waals surface area (Å²) in [5.74, 6) is 0. The molecule has 2 fully saturated rings. The molecule has 1 aliphatic heterocycles. The van der Waals surface area contributed by atoms with E-state index in [1.807, 2.05) is 0 Å². The predicted molar refractivity (Wildman–Crippen MR) is 82.6 cm³/mol. The van der Waals surface area contributed by atoms with Crippen LogP contribution in [0.25, 0.3) is 0 Å². The van der Waals surface area contributed by atoms with Gasteiger partial charge in [-0.2, -0.15) is 0 Å². The van der Waals surface area contributed by atoms with E-state index in [0.717, 1.165) is 6.04 Å². The number of nitrogens with zero attached hydrogens (tertiary/aromatic N) is 2. The maximum atomic E-state index is 3.75. The Morgan fingerprint density at radius 3 is 2.53 bits per heavy atom. The second kappa shape index (κ2) is 7.05. The van der Waals surface area contributed by atoms with Crippen LogP contribution < -0.4 is 5.32 Å². The summed E-state index contributed by atoms with van der Waals surface area (Å²) in [6.45, 7) is 10.9. The lowest BCUT2D eigenvalue weighted by Crippen LogP contribution is -2.57. The highest BCUT2D eigenvalue weighted by atomic mass is 15.3. The van der Waals surface area contributed by atoms with E-state index in [9.17, 15) is 0 Å². The molecular formula is C16H33N3. The van der Waals surface area contributed by atoms with Crippen molar-refractivity contribution in [2.75, 3.05) is 39.8 Å². The highest BCUT2D eigenvalue weighted by Crippen LogP contribution is 2.19. The fourth-order valence-electron chi connectivity index (χ4n) is 3.45. The van der Waals surface area contributed by atoms with Crippen LogP contribution in [0.2, 0.25) is 0 Å². The van der Waals surface area contributed by atoms with Crippen molar-refractivity contribution in [2.24, 2.45) is 0 Å². The lowest BCUT2D eigenvalue weighted by Gasteiger charge is -2.45. The molecule has 0 aromatic heterocycles. The normalized spacial score (nSPS) is 26.7. The van der Waals surface area contributed by atoms with Gasteiger partial charge in [0.25, 0.3) is 0 Å². The summed E-state index contributed by atoms with van der Waals surface area (Å²) in [4.78, 5) is 5.13. The summed E-state index contributed by atoms with van der Waals surface area (Å²) in [6, 6.07) is 0.817. The Balaban J connectivity index is 1.58. The molecule has 1 heterocycles. The van der Waals surface area contributed by atoms with Gasteiger partial charge in [-0.1, -0.05) is 19.3 Å². The molecular weight excluding hydrogens is 234 g/mol. The predicted octanol–water partition coefficient (Wildman–Crippen LogP) is 2.32. The van der Waals surface area contributed by atoms with Crippen LogP contribution >= 0.6 is 0 Å². The largest absolute Gasteiger partial charge is 0.314 e. The molecule has 1 aliphatic carbocycles. The molecule has 0 unspecified atom stereocenters. The van der Waals surface area contributed by atoms with Gasteiger partial charge in [-0.25, -0.2) is 0 Å². The summed E-state index contributed by atoms with van der Waals surface area (Å²) in [5.41, 5.74) is 0.342. The fourth-order valence-corrected chi connectivity index (χ4v) is 3.45. The van der Waals surface area contributed by atoms with Crippen molar-refractivity contribution in [2.45, 2.75) is 64.0 Å². The molecule has 0 aromatic carbocycles. The summed E-state index contributed by atoms with van der Waals surface area (Å²) in [7, 11) is 2.25. The van der Waals surface area contributed by atoms with E-state index in [4.69, 9.17) is 0 Å². The summed E-state index contributed by atoms with van der Waals surface area (Å²) < 4.78 is 0. The lowest BCUT2D eigenvalue weighted by molar-refractivity contribution is 0.0395. The quantitative estimate of drug-likeness (QED) is 0.771. The van der Waals surface area contributed by atoms with Crippen molar-refractivity contribution in [1.29, 1.82) is 0 Å². The average Bonchev–Trinajstić information content (AvgIpc) is 2.40. The van der Waals surface area contributed by atoms with Gasteiger partial charge in [0.05, 0.1) is 0 Å². The molecule has 1 saturated heterocycles. The molecule has 1 N–H and O–H groups in total. The Bertz CT molecular complexity index is 259. The van der Waals surface area contributed by atoms with Gasteiger partial charge in [0, 0.05) is 31.2 Å². The minimum absolute atomic E-state index is 0.342. The topological polar surface area (TPSA) is 18.5 Å². The van der Waals surface area contributed by atoms with Gasteiger partial charge < -0.3 is 10.2 Å². The summed E-state index contributed by atoms with van der Waals surface area (Å²) >= 11 is 0. The van der Waals surface area contributed by atoms with E-state index < -0.39 is 0 Å². The van der Waals surface area contributed by atoms with Crippen molar-refractivity contribution >= 4 is 0 Å². The maximum Gasteiger partial charge on any atom is 0.0277 e. The van der Waals surface area contributed by atoms with Gasteiger partial charge in [0.2, 0.25) is 0 Å². The lowest BCUT2D eigenvalue weighted by atomic mass is 9.95.